The number of aromatic nitrogens is 4. The maximum absolute atomic E-state index is 5.74. The summed E-state index contributed by atoms with van der Waals surface area (Å²) >= 11 is 5.74. The fourth-order valence-electron chi connectivity index (χ4n) is 1.92. The number of alkyl halides is 1. The van der Waals surface area contributed by atoms with E-state index in [0.717, 1.165) is 22.3 Å². The molecule has 0 aliphatic rings. The Kier molecular flexibility index (Phi) is 2.72. The SMILES string of the molecule is Cn1cnc2cc(-c3ccnc(CCl)n3)ccc21. The lowest BCUT2D eigenvalue weighted by atomic mass is 10.1. The smallest absolute Gasteiger partial charge is 0.143 e. The van der Waals surface area contributed by atoms with Crippen LogP contribution in [0.3, 0.4) is 0 Å². The number of benzene rings is 1. The van der Waals surface area contributed by atoms with E-state index in [2.05, 4.69) is 15.0 Å². The van der Waals surface area contributed by atoms with Crippen molar-refractivity contribution in [2.24, 2.45) is 7.05 Å². The van der Waals surface area contributed by atoms with Crippen molar-refractivity contribution in [3.63, 3.8) is 0 Å². The minimum atomic E-state index is 0.319. The largest absolute Gasteiger partial charge is 0.334 e. The van der Waals surface area contributed by atoms with Crippen molar-refractivity contribution in [1.29, 1.82) is 0 Å². The quantitative estimate of drug-likeness (QED) is 0.664. The summed E-state index contributed by atoms with van der Waals surface area (Å²) in [7, 11) is 1.98. The molecular formula is C13H11ClN4. The normalized spacial score (nSPS) is 11.0. The van der Waals surface area contributed by atoms with Crippen LogP contribution < -0.4 is 0 Å². The monoisotopic (exact) mass is 258 g/mol. The molecule has 0 amide bonds. The van der Waals surface area contributed by atoms with Crippen LogP contribution in [-0.2, 0) is 12.9 Å². The Hall–Kier alpha value is -1.94. The van der Waals surface area contributed by atoms with Gasteiger partial charge in [0, 0.05) is 18.8 Å². The Balaban J connectivity index is 2.13. The fourth-order valence-corrected chi connectivity index (χ4v) is 2.05. The van der Waals surface area contributed by atoms with E-state index in [9.17, 15) is 0 Å². The molecule has 0 N–H and O–H groups in total. The predicted molar refractivity (Wildman–Crippen MR) is 71.3 cm³/mol. The Morgan fingerprint density at radius 1 is 1.22 bits per heavy atom. The van der Waals surface area contributed by atoms with E-state index in [4.69, 9.17) is 11.6 Å². The summed E-state index contributed by atoms with van der Waals surface area (Å²) in [5.41, 5.74) is 3.95. The van der Waals surface area contributed by atoms with Gasteiger partial charge in [-0.05, 0) is 18.2 Å². The van der Waals surface area contributed by atoms with Crippen LogP contribution in [0.15, 0.2) is 36.8 Å². The summed E-state index contributed by atoms with van der Waals surface area (Å²) in [4.78, 5) is 12.8. The molecule has 0 radical (unpaired) electrons. The molecule has 2 heterocycles. The highest BCUT2D eigenvalue weighted by atomic mass is 35.5. The lowest BCUT2D eigenvalue weighted by Crippen LogP contribution is -1.93. The van der Waals surface area contributed by atoms with Gasteiger partial charge in [-0.25, -0.2) is 15.0 Å². The van der Waals surface area contributed by atoms with Crippen molar-refractivity contribution >= 4 is 22.6 Å². The minimum Gasteiger partial charge on any atom is -0.334 e. The molecule has 0 spiro atoms. The van der Waals surface area contributed by atoms with Gasteiger partial charge in [-0.3, -0.25) is 0 Å². The molecule has 0 saturated heterocycles. The van der Waals surface area contributed by atoms with Gasteiger partial charge in [0.05, 0.1) is 28.9 Å². The van der Waals surface area contributed by atoms with Crippen LogP contribution in [0.2, 0.25) is 0 Å². The zero-order valence-corrected chi connectivity index (χ0v) is 10.6. The second-order valence-corrected chi connectivity index (χ2v) is 4.32. The predicted octanol–water partition coefficient (Wildman–Crippen LogP) is 2.77. The van der Waals surface area contributed by atoms with Crippen LogP contribution in [0.25, 0.3) is 22.3 Å². The zero-order valence-electron chi connectivity index (χ0n) is 9.84. The Labute approximate surface area is 109 Å². The van der Waals surface area contributed by atoms with Gasteiger partial charge in [-0.1, -0.05) is 6.07 Å². The Morgan fingerprint density at radius 3 is 2.94 bits per heavy atom. The van der Waals surface area contributed by atoms with Gasteiger partial charge in [-0.15, -0.1) is 11.6 Å². The van der Waals surface area contributed by atoms with Crippen LogP contribution in [-0.4, -0.2) is 19.5 Å². The average Bonchev–Trinajstić information content (AvgIpc) is 2.80. The molecule has 0 bridgehead atoms. The van der Waals surface area contributed by atoms with Crippen molar-refractivity contribution in [3.8, 4) is 11.3 Å². The molecule has 18 heavy (non-hydrogen) atoms. The molecule has 3 rings (SSSR count). The fraction of sp³-hybridized carbons (Fsp3) is 0.154. The van der Waals surface area contributed by atoms with Gasteiger partial charge in [0.15, 0.2) is 0 Å². The summed E-state index contributed by atoms with van der Waals surface area (Å²) in [6.45, 7) is 0. The van der Waals surface area contributed by atoms with Crippen molar-refractivity contribution in [2.75, 3.05) is 0 Å². The lowest BCUT2D eigenvalue weighted by Gasteiger charge is -2.02. The average molecular weight is 259 g/mol. The summed E-state index contributed by atoms with van der Waals surface area (Å²) in [6, 6.07) is 7.97. The van der Waals surface area contributed by atoms with Gasteiger partial charge in [0.25, 0.3) is 0 Å². The minimum absolute atomic E-state index is 0.319. The third kappa shape index (κ3) is 1.84. The molecule has 0 unspecified atom stereocenters. The van der Waals surface area contributed by atoms with Crippen molar-refractivity contribution in [3.05, 3.63) is 42.6 Å². The number of fused-ring (bicyclic) bond motifs is 1. The molecule has 0 aliphatic carbocycles. The molecule has 90 valence electrons. The summed E-state index contributed by atoms with van der Waals surface area (Å²) in [5.74, 6) is 0.954. The van der Waals surface area contributed by atoms with Gasteiger partial charge < -0.3 is 4.57 Å². The summed E-state index contributed by atoms with van der Waals surface area (Å²) in [6.07, 6.45) is 3.53. The van der Waals surface area contributed by atoms with E-state index in [1.165, 1.54) is 0 Å². The summed E-state index contributed by atoms with van der Waals surface area (Å²) < 4.78 is 1.99. The molecule has 0 saturated carbocycles. The molecule has 0 fully saturated rings. The molecule has 2 aromatic heterocycles. The van der Waals surface area contributed by atoms with E-state index in [1.807, 2.05) is 35.9 Å². The maximum Gasteiger partial charge on any atom is 0.143 e. The molecule has 3 aromatic rings. The molecule has 0 atom stereocenters. The van der Waals surface area contributed by atoms with Crippen LogP contribution in [0.1, 0.15) is 5.82 Å². The third-order valence-electron chi connectivity index (χ3n) is 2.85. The number of halogens is 1. The Bertz CT molecular complexity index is 705. The highest BCUT2D eigenvalue weighted by Crippen LogP contribution is 2.21. The van der Waals surface area contributed by atoms with Gasteiger partial charge in [-0.2, -0.15) is 0 Å². The Morgan fingerprint density at radius 2 is 2.11 bits per heavy atom. The standard InChI is InChI=1S/C13H11ClN4/c1-18-8-16-11-6-9(2-3-12(11)18)10-4-5-15-13(7-14)17-10/h2-6,8H,7H2,1H3. The van der Waals surface area contributed by atoms with Crippen LogP contribution >= 0.6 is 11.6 Å². The summed E-state index contributed by atoms with van der Waals surface area (Å²) in [5, 5.41) is 0. The van der Waals surface area contributed by atoms with Crippen LogP contribution in [0.5, 0.6) is 0 Å². The number of aryl methyl sites for hydroxylation is 1. The van der Waals surface area contributed by atoms with Crippen molar-refractivity contribution in [2.45, 2.75) is 5.88 Å². The zero-order chi connectivity index (χ0) is 12.5. The molecule has 4 nitrogen and oxygen atoms in total. The first-order valence-corrected chi connectivity index (χ1v) is 6.11. The highest BCUT2D eigenvalue weighted by Gasteiger charge is 2.05. The number of imidazole rings is 1. The van der Waals surface area contributed by atoms with Crippen molar-refractivity contribution < 1.29 is 0 Å². The first-order valence-electron chi connectivity index (χ1n) is 5.57. The first-order chi connectivity index (χ1) is 8.78. The molecular weight excluding hydrogens is 248 g/mol. The number of rotatable bonds is 2. The van der Waals surface area contributed by atoms with Gasteiger partial charge >= 0.3 is 0 Å². The van der Waals surface area contributed by atoms with Crippen molar-refractivity contribution in [1.82, 2.24) is 19.5 Å². The topological polar surface area (TPSA) is 43.6 Å². The number of nitrogens with zero attached hydrogens (tertiary/aromatic N) is 4. The number of hydrogen-bond acceptors (Lipinski definition) is 3. The van der Waals surface area contributed by atoms with Crippen LogP contribution in [0, 0.1) is 0 Å². The van der Waals surface area contributed by atoms with E-state index in [-0.39, 0.29) is 0 Å². The van der Waals surface area contributed by atoms with E-state index < -0.39 is 0 Å². The second kappa shape index (κ2) is 4.38. The highest BCUT2D eigenvalue weighted by molar-refractivity contribution is 6.16. The molecule has 0 aliphatic heterocycles. The van der Waals surface area contributed by atoms with Gasteiger partial charge in [0.1, 0.15) is 5.82 Å². The van der Waals surface area contributed by atoms with E-state index >= 15 is 0 Å². The second-order valence-electron chi connectivity index (χ2n) is 4.05. The van der Waals surface area contributed by atoms with E-state index in [0.29, 0.717) is 11.7 Å². The molecule has 5 heteroatoms. The van der Waals surface area contributed by atoms with Gasteiger partial charge in [0.2, 0.25) is 0 Å². The first kappa shape index (κ1) is 11.2. The number of hydrogen-bond donors (Lipinski definition) is 0. The lowest BCUT2D eigenvalue weighted by molar-refractivity contribution is 0.947. The van der Waals surface area contributed by atoms with Crippen LogP contribution in [0.4, 0.5) is 0 Å². The van der Waals surface area contributed by atoms with E-state index in [1.54, 1.807) is 12.5 Å². The maximum atomic E-state index is 5.74. The molecule has 1 aromatic carbocycles. The third-order valence-corrected chi connectivity index (χ3v) is 3.09.